The molecule has 1 aromatic heterocycles. The lowest BCUT2D eigenvalue weighted by molar-refractivity contribution is 0.0902. The molecule has 0 aliphatic carbocycles. The molecule has 0 aliphatic heterocycles. The fraction of sp³-hybridized carbons (Fsp3) is 0.500. The topological polar surface area (TPSA) is 53.3 Å². The standard InChI is InChI=1S/C12H15BrN2O2S/c1-17-8-7-15(6-2-5-14)9-10(16)11-3-4-12(13)18-11/h3-4H,2,6-9H2,1H3. The van der Waals surface area contributed by atoms with Crippen LogP contribution in [0.3, 0.4) is 0 Å². The molecule has 98 valence electrons. The summed E-state index contributed by atoms with van der Waals surface area (Å²) in [5, 5.41) is 8.60. The number of carbonyl (C=O) groups is 1. The highest BCUT2D eigenvalue weighted by Crippen LogP contribution is 2.22. The average Bonchev–Trinajstić information content (AvgIpc) is 2.79. The number of rotatable bonds is 8. The van der Waals surface area contributed by atoms with Gasteiger partial charge in [0, 0.05) is 26.6 Å². The Bertz CT molecular complexity index is 428. The normalized spacial score (nSPS) is 10.6. The quantitative estimate of drug-likeness (QED) is 0.687. The summed E-state index contributed by atoms with van der Waals surface area (Å²) in [5.74, 6) is 0.0831. The number of hydrogen-bond acceptors (Lipinski definition) is 5. The van der Waals surface area contributed by atoms with Crippen molar-refractivity contribution in [1.29, 1.82) is 5.26 Å². The SMILES string of the molecule is COCCN(CCC#N)CC(=O)c1ccc(Br)s1. The maximum atomic E-state index is 12.0. The smallest absolute Gasteiger partial charge is 0.186 e. The summed E-state index contributed by atoms with van der Waals surface area (Å²) in [7, 11) is 1.63. The molecule has 0 unspecified atom stereocenters. The molecular weight excluding hydrogens is 316 g/mol. The highest BCUT2D eigenvalue weighted by atomic mass is 79.9. The fourth-order valence-corrected chi connectivity index (χ4v) is 2.76. The summed E-state index contributed by atoms with van der Waals surface area (Å²) in [6.07, 6.45) is 0.422. The van der Waals surface area contributed by atoms with E-state index in [1.165, 1.54) is 11.3 Å². The number of ether oxygens (including phenoxy) is 1. The van der Waals surface area contributed by atoms with Crippen molar-refractivity contribution in [3.63, 3.8) is 0 Å². The zero-order valence-corrected chi connectivity index (χ0v) is 12.6. The molecule has 0 fully saturated rings. The van der Waals surface area contributed by atoms with Crippen molar-refractivity contribution in [2.75, 3.05) is 33.4 Å². The summed E-state index contributed by atoms with van der Waals surface area (Å²) < 4.78 is 5.95. The number of hydrogen-bond donors (Lipinski definition) is 0. The fourth-order valence-electron chi connectivity index (χ4n) is 1.44. The van der Waals surface area contributed by atoms with Gasteiger partial charge in [-0.3, -0.25) is 9.69 Å². The number of halogens is 1. The lowest BCUT2D eigenvalue weighted by atomic mass is 10.3. The number of nitrogens with zero attached hydrogens (tertiary/aromatic N) is 2. The van der Waals surface area contributed by atoms with Gasteiger partial charge < -0.3 is 4.74 Å². The van der Waals surface area contributed by atoms with E-state index in [2.05, 4.69) is 22.0 Å². The lowest BCUT2D eigenvalue weighted by Crippen LogP contribution is -2.33. The van der Waals surface area contributed by atoms with Crippen LogP contribution in [0, 0.1) is 11.3 Å². The first-order valence-corrected chi connectivity index (χ1v) is 7.15. The molecule has 0 spiro atoms. The minimum Gasteiger partial charge on any atom is -0.383 e. The van der Waals surface area contributed by atoms with Crippen molar-refractivity contribution in [3.8, 4) is 6.07 Å². The van der Waals surface area contributed by atoms with Crippen LogP contribution in [0.1, 0.15) is 16.1 Å². The Balaban J connectivity index is 2.53. The van der Waals surface area contributed by atoms with Gasteiger partial charge in [0.05, 0.1) is 27.9 Å². The Morgan fingerprint density at radius 2 is 2.33 bits per heavy atom. The van der Waals surface area contributed by atoms with Crippen molar-refractivity contribution in [3.05, 3.63) is 20.8 Å². The second-order valence-electron chi connectivity index (χ2n) is 3.70. The first kappa shape index (κ1) is 15.3. The second-order valence-corrected chi connectivity index (χ2v) is 6.17. The van der Waals surface area contributed by atoms with E-state index in [1.54, 1.807) is 7.11 Å². The number of thiophene rings is 1. The van der Waals surface area contributed by atoms with Gasteiger partial charge in [0.1, 0.15) is 0 Å². The van der Waals surface area contributed by atoms with E-state index in [4.69, 9.17) is 10.00 Å². The summed E-state index contributed by atoms with van der Waals surface area (Å²) in [6, 6.07) is 5.78. The van der Waals surface area contributed by atoms with Gasteiger partial charge in [0.15, 0.2) is 5.78 Å². The molecule has 0 aliphatic rings. The van der Waals surface area contributed by atoms with Crippen molar-refractivity contribution in [2.45, 2.75) is 6.42 Å². The Morgan fingerprint density at radius 1 is 1.56 bits per heavy atom. The van der Waals surface area contributed by atoms with Gasteiger partial charge in [-0.2, -0.15) is 5.26 Å². The third-order valence-corrected chi connectivity index (χ3v) is 4.03. The molecular formula is C12H15BrN2O2S. The Labute approximate surface area is 119 Å². The van der Waals surface area contributed by atoms with Gasteiger partial charge in [-0.1, -0.05) is 0 Å². The third kappa shape index (κ3) is 5.27. The van der Waals surface area contributed by atoms with Crippen LogP contribution in [0.5, 0.6) is 0 Å². The molecule has 0 N–H and O–H groups in total. The molecule has 1 heterocycles. The molecule has 0 radical (unpaired) electrons. The molecule has 1 aromatic rings. The van der Waals surface area contributed by atoms with Crippen molar-refractivity contribution >= 4 is 33.0 Å². The molecule has 4 nitrogen and oxygen atoms in total. The first-order valence-electron chi connectivity index (χ1n) is 5.54. The van der Waals surface area contributed by atoms with E-state index in [1.807, 2.05) is 17.0 Å². The van der Waals surface area contributed by atoms with E-state index in [-0.39, 0.29) is 5.78 Å². The molecule has 0 saturated heterocycles. The van der Waals surface area contributed by atoms with Crippen molar-refractivity contribution in [1.82, 2.24) is 4.90 Å². The number of methoxy groups -OCH3 is 1. The maximum Gasteiger partial charge on any atom is 0.186 e. The summed E-state index contributed by atoms with van der Waals surface area (Å²) in [4.78, 5) is 14.7. The highest BCUT2D eigenvalue weighted by Gasteiger charge is 2.13. The first-order chi connectivity index (χ1) is 8.67. The van der Waals surface area contributed by atoms with Crippen LogP contribution in [0.4, 0.5) is 0 Å². The predicted molar refractivity (Wildman–Crippen MR) is 74.9 cm³/mol. The molecule has 0 saturated carbocycles. The average molecular weight is 331 g/mol. The number of Topliss-reactive ketones (excluding diaryl/α,β-unsaturated/α-hetero) is 1. The maximum absolute atomic E-state index is 12.0. The summed E-state index contributed by atoms with van der Waals surface area (Å²) >= 11 is 4.77. The number of carbonyl (C=O) groups excluding carboxylic acids is 1. The molecule has 0 atom stereocenters. The van der Waals surface area contributed by atoms with Crippen LogP contribution in [-0.4, -0.2) is 44.0 Å². The number of nitriles is 1. The molecule has 18 heavy (non-hydrogen) atoms. The van der Waals surface area contributed by atoms with Gasteiger partial charge in [-0.15, -0.1) is 11.3 Å². The van der Waals surface area contributed by atoms with Crippen LogP contribution in [-0.2, 0) is 4.74 Å². The van der Waals surface area contributed by atoms with Crippen molar-refractivity contribution < 1.29 is 9.53 Å². The number of ketones is 1. The zero-order valence-electron chi connectivity index (χ0n) is 10.2. The molecule has 0 amide bonds. The largest absolute Gasteiger partial charge is 0.383 e. The van der Waals surface area contributed by atoms with Gasteiger partial charge in [0.25, 0.3) is 0 Å². The second kappa shape index (κ2) is 8.38. The highest BCUT2D eigenvalue weighted by molar-refractivity contribution is 9.11. The van der Waals surface area contributed by atoms with Gasteiger partial charge in [-0.25, -0.2) is 0 Å². The van der Waals surface area contributed by atoms with Crippen molar-refractivity contribution in [2.24, 2.45) is 0 Å². The summed E-state index contributed by atoms with van der Waals surface area (Å²) in [6.45, 7) is 2.15. The lowest BCUT2D eigenvalue weighted by Gasteiger charge is -2.19. The van der Waals surface area contributed by atoms with Crippen LogP contribution in [0.15, 0.2) is 15.9 Å². The molecule has 0 bridgehead atoms. The zero-order chi connectivity index (χ0) is 13.4. The minimum absolute atomic E-state index is 0.0831. The van der Waals surface area contributed by atoms with Gasteiger partial charge >= 0.3 is 0 Å². The molecule has 6 heteroatoms. The van der Waals surface area contributed by atoms with Crippen LogP contribution in [0.2, 0.25) is 0 Å². The van der Waals surface area contributed by atoms with E-state index in [9.17, 15) is 4.79 Å². The Hall–Kier alpha value is -0.740. The van der Waals surface area contributed by atoms with Crippen LogP contribution in [0.25, 0.3) is 0 Å². The van der Waals surface area contributed by atoms with Crippen LogP contribution < -0.4 is 0 Å². The Morgan fingerprint density at radius 3 is 2.89 bits per heavy atom. The minimum atomic E-state index is 0.0831. The predicted octanol–water partition coefficient (Wildman–Crippen LogP) is 2.56. The van der Waals surface area contributed by atoms with Gasteiger partial charge in [-0.05, 0) is 28.1 Å². The Kier molecular flexibility index (Phi) is 7.13. The molecule has 0 aromatic carbocycles. The monoisotopic (exact) mass is 330 g/mol. The van der Waals surface area contributed by atoms with Gasteiger partial charge in [0.2, 0.25) is 0 Å². The van der Waals surface area contributed by atoms with Crippen LogP contribution >= 0.6 is 27.3 Å². The van der Waals surface area contributed by atoms with E-state index in [0.717, 1.165) is 8.66 Å². The molecule has 1 rings (SSSR count). The van der Waals surface area contributed by atoms with E-state index < -0.39 is 0 Å². The summed E-state index contributed by atoms with van der Waals surface area (Å²) in [5.41, 5.74) is 0. The van der Waals surface area contributed by atoms with E-state index in [0.29, 0.717) is 32.7 Å². The van der Waals surface area contributed by atoms with E-state index >= 15 is 0 Å². The third-order valence-electron chi connectivity index (χ3n) is 2.37.